The maximum Gasteiger partial charge on any atom is 0.186 e. The van der Waals surface area contributed by atoms with Crippen molar-refractivity contribution >= 4 is 0 Å². The van der Waals surface area contributed by atoms with Crippen LogP contribution in [0.4, 0.5) is 0 Å². The molecule has 2 aliphatic heterocycles. The molecule has 7 rings (SSSR count). The van der Waals surface area contributed by atoms with Crippen LogP contribution in [0, 0.1) is 44.8 Å². The van der Waals surface area contributed by atoms with Gasteiger partial charge in [-0.15, -0.1) is 0 Å². The number of ether oxygens (including phenoxy) is 3. The molecule has 9 nitrogen and oxygen atoms in total. The lowest BCUT2D eigenvalue weighted by molar-refractivity contribution is -0.303. The molecule has 0 amide bonds. The lowest BCUT2D eigenvalue weighted by atomic mass is 9.41. The minimum atomic E-state index is -1.29. The van der Waals surface area contributed by atoms with Crippen LogP contribution in [0.15, 0.2) is 0 Å². The van der Waals surface area contributed by atoms with Crippen molar-refractivity contribution in [2.75, 3.05) is 13.2 Å². The molecule has 0 aromatic rings. The lowest BCUT2D eigenvalue weighted by Crippen LogP contribution is -2.62. The maximum absolute atomic E-state index is 11.9. The summed E-state index contributed by atoms with van der Waals surface area (Å²) in [6.45, 7) is 12.7. The number of fused-ring (bicyclic) bond motifs is 2. The largest absolute Gasteiger partial charge is 0.396 e. The minimum absolute atomic E-state index is 0.0477. The highest BCUT2D eigenvalue weighted by Gasteiger charge is 2.84. The number of aliphatic hydroxyl groups excluding tert-OH is 5. The third-order valence-corrected chi connectivity index (χ3v) is 15.5. The topological polar surface area (TPSA) is 149 Å². The molecule has 0 aromatic carbocycles. The van der Waals surface area contributed by atoms with Gasteiger partial charge in [0, 0.05) is 17.9 Å². The predicted molar refractivity (Wildman–Crippen MR) is 161 cm³/mol. The second kappa shape index (κ2) is 9.85. The summed E-state index contributed by atoms with van der Waals surface area (Å²) in [5.74, 6) is 0.672. The smallest absolute Gasteiger partial charge is 0.186 e. The first-order valence-electron chi connectivity index (χ1n) is 17.4. The molecule has 2 heterocycles. The van der Waals surface area contributed by atoms with Crippen LogP contribution in [0.5, 0.6) is 0 Å². The number of hydrogen-bond acceptors (Lipinski definition) is 9. The van der Waals surface area contributed by atoms with Gasteiger partial charge in [0.2, 0.25) is 0 Å². The predicted octanol–water partition coefficient (Wildman–Crippen LogP) is 2.90. The average Bonchev–Trinajstić information content (AvgIpc) is 3.30. The molecule has 7 aliphatic rings. The average molecular weight is 623 g/mol. The van der Waals surface area contributed by atoms with E-state index in [2.05, 4.69) is 27.7 Å². The summed E-state index contributed by atoms with van der Waals surface area (Å²) in [7, 11) is 0. The normalized spacial score (nSPS) is 58.1. The van der Waals surface area contributed by atoms with E-state index in [1.54, 1.807) is 13.8 Å². The Balaban J connectivity index is 1.15. The van der Waals surface area contributed by atoms with Gasteiger partial charge in [0.15, 0.2) is 6.29 Å². The minimum Gasteiger partial charge on any atom is -0.396 e. The number of rotatable bonds is 5. The van der Waals surface area contributed by atoms with Crippen LogP contribution in [-0.2, 0) is 14.2 Å². The summed E-state index contributed by atoms with van der Waals surface area (Å²) in [5, 5.41) is 64.8. The molecule has 7 fully saturated rings. The molecule has 9 heteroatoms. The molecule has 5 aliphatic carbocycles. The van der Waals surface area contributed by atoms with Crippen molar-refractivity contribution in [2.24, 2.45) is 44.8 Å². The summed E-state index contributed by atoms with van der Waals surface area (Å²) in [5.41, 5.74) is -1.98. The molecule has 2 saturated heterocycles. The molecule has 6 N–H and O–H groups in total. The van der Waals surface area contributed by atoms with Gasteiger partial charge in [0.1, 0.15) is 18.3 Å². The van der Waals surface area contributed by atoms with Crippen molar-refractivity contribution in [3.8, 4) is 0 Å². The molecule has 0 unspecified atom stereocenters. The highest BCUT2D eigenvalue weighted by molar-refractivity contribution is 5.32. The van der Waals surface area contributed by atoms with Crippen LogP contribution in [0.2, 0.25) is 0 Å². The second-order valence-corrected chi connectivity index (χ2v) is 18.0. The molecular weight excluding hydrogens is 564 g/mol. The van der Waals surface area contributed by atoms with E-state index in [1.165, 1.54) is 6.42 Å². The van der Waals surface area contributed by atoms with Gasteiger partial charge >= 0.3 is 0 Å². The van der Waals surface area contributed by atoms with Gasteiger partial charge in [0.25, 0.3) is 0 Å². The third-order valence-electron chi connectivity index (χ3n) is 15.5. The summed E-state index contributed by atoms with van der Waals surface area (Å²) in [6.07, 6.45) is 3.69. The van der Waals surface area contributed by atoms with Crippen LogP contribution in [0.1, 0.15) is 106 Å². The highest BCUT2D eigenvalue weighted by Crippen LogP contribution is 2.89. The maximum atomic E-state index is 11.9. The first kappa shape index (κ1) is 32.2. The highest BCUT2D eigenvalue weighted by atomic mass is 16.7. The zero-order chi connectivity index (χ0) is 31.9. The Morgan fingerprint density at radius 1 is 0.818 bits per heavy atom. The van der Waals surface area contributed by atoms with E-state index in [1.807, 2.05) is 0 Å². The van der Waals surface area contributed by atoms with Crippen LogP contribution < -0.4 is 0 Å². The van der Waals surface area contributed by atoms with E-state index in [9.17, 15) is 30.6 Å². The molecular formula is C35H58O9. The van der Waals surface area contributed by atoms with Gasteiger partial charge in [-0.05, 0) is 118 Å². The van der Waals surface area contributed by atoms with Gasteiger partial charge < -0.3 is 44.8 Å². The number of hydrogen-bond donors (Lipinski definition) is 6. The van der Waals surface area contributed by atoms with Crippen molar-refractivity contribution in [3.05, 3.63) is 0 Å². The zero-order valence-corrected chi connectivity index (χ0v) is 27.7. The van der Waals surface area contributed by atoms with Crippen LogP contribution in [0.3, 0.4) is 0 Å². The van der Waals surface area contributed by atoms with Crippen molar-refractivity contribution in [2.45, 2.75) is 160 Å². The Bertz CT molecular complexity index is 1140. The summed E-state index contributed by atoms with van der Waals surface area (Å²) in [6, 6.07) is 0. The molecule has 5 saturated carbocycles. The zero-order valence-electron chi connectivity index (χ0n) is 27.7. The molecule has 252 valence electrons. The fraction of sp³-hybridized carbons (Fsp3) is 1.00. The first-order chi connectivity index (χ1) is 20.4. The van der Waals surface area contributed by atoms with E-state index < -0.39 is 47.3 Å². The van der Waals surface area contributed by atoms with Gasteiger partial charge in [-0.25, -0.2) is 0 Å². The summed E-state index contributed by atoms with van der Waals surface area (Å²) in [4.78, 5) is 0. The standard InChI is InChI=1S/C35H58O9/c1-29(2)21-7-8-22-31(5)15-19(37)27(32(6)11-9-24(44-32)30(3,4)41)35(31,18-36)14-13-34(22)17-33(21,34)12-10-23(29)43-28-26(40)25(39)20(38)16-42-28/h19-28,36-41H,7-18H2,1-6H3/t19-,20+,21-,22-,23-,24-,25-,26+,27-,28-,31-,32+,33+,34-,35-/m0/s1. The van der Waals surface area contributed by atoms with Crippen molar-refractivity contribution in [3.63, 3.8) is 0 Å². The monoisotopic (exact) mass is 622 g/mol. The summed E-state index contributed by atoms with van der Waals surface area (Å²) < 4.78 is 18.8. The van der Waals surface area contributed by atoms with E-state index in [0.717, 1.165) is 51.4 Å². The second-order valence-electron chi connectivity index (χ2n) is 18.0. The van der Waals surface area contributed by atoms with E-state index >= 15 is 0 Å². The number of aliphatic hydroxyl groups is 6. The van der Waals surface area contributed by atoms with Gasteiger partial charge in [0.05, 0.1) is 36.1 Å². The van der Waals surface area contributed by atoms with Crippen molar-refractivity contribution in [1.82, 2.24) is 0 Å². The van der Waals surface area contributed by atoms with Crippen molar-refractivity contribution in [1.29, 1.82) is 0 Å². The van der Waals surface area contributed by atoms with Crippen molar-refractivity contribution < 1.29 is 44.8 Å². The third kappa shape index (κ3) is 3.97. The van der Waals surface area contributed by atoms with Gasteiger partial charge in [-0.1, -0.05) is 20.8 Å². The lowest BCUT2D eigenvalue weighted by Gasteiger charge is -2.64. The molecule has 0 radical (unpaired) electrons. The Hall–Kier alpha value is -0.360. The van der Waals surface area contributed by atoms with Gasteiger partial charge in [-0.3, -0.25) is 0 Å². The Morgan fingerprint density at radius 3 is 2.16 bits per heavy atom. The van der Waals surface area contributed by atoms with Gasteiger partial charge in [-0.2, -0.15) is 0 Å². The quantitative estimate of drug-likeness (QED) is 0.255. The van der Waals surface area contributed by atoms with E-state index in [0.29, 0.717) is 18.3 Å². The van der Waals surface area contributed by atoms with Crippen LogP contribution in [0.25, 0.3) is 0 Å². The Labute approximate surface area is 262 Å². The first-order valence-corrected chi connectivity index (χ1v) is 17.4. The van der Waals surface area contributed by atoms with E-state index in [-0.39, 0.29) is 53.0 Å². The van der Waals surface area contributed by atoms with Crippen LogP contribution in [-0.4, -0.2) is 98.0 Å². The summed E-state index contributed by atoms with van der Waals surface area (Å²) >= 11 is 0. The van der Waals surface area contributed by atoms with Crippen LogP contribution >= 0.6 is 0 Å². The molecule has 2 spiro atoms. The Morgan fingerprint density at radius 2 is 1.50 bits per heavy atom. The fourth-order valence-electron chi connectivity index (χ4n) is 13.5. The molecule has 0 bridgehead atoms. The molecule has 0 aromatic heterocycles. The van der Waals surface area contributed by atoms with E-state index in [4.69, 9.17) is 14.2 Å². The fourth-order valence-corrected chi connectivity index (χ4v) is 13.5. The molecule has 44 heavy (non-hydrogen) atoms. The SMILES string of the molecule is CC(C)(O)[C@@H]1CC[C@](C)([C@@H]2[C@@H](O)C[C@@]3(C)[C@@H]4CC[C@H]5C(C)(C)[C@@H](O[C@@H]6OC[C@@H](O)[C@H](O)[C@H]6O)CC[C@@]56C[C@@]46CC[C@]23CO)O1. The Kier molecular flexibility index (Phi) is 7.21. The molecule has 15 atom stereocenters.